The van der Waals surface area contributed by atoms with Crippen LogP contribution in [0.25, 0.3) is 10.2 Å². The highest BCUT2D eigenvalue weighted by atomic mass is 35.5. The van der Waals surface area contributed by atoms with Crippen molar-refractivity contribution in [1.82, 2.24) is 20.0 Å². The number of benzene rings is 1. The molecule has 3 rings (SSSR count). The Hall–Kier alpha value is -1.99. The van der Waals surface area contributed by atoms with Gasteiger partial charge in [-0.1, -0.05) is 28.2 Å². The number of carbonyl (C=O) groups excluding carboxylic acids is 1. The van der Waals surface area contributed by atoms with E-state index in [2.05, 4.69) is 20.6 Å². The van der Waals surface area contributed by atoms with Crippen LogP contribution in [-0.4, -0.2) is 25.9 Å². The lowest BCUT2D eigenvalue weighted by molar-refractivity contribution is 0.102. The molecule has 0 radical (unpaired) electrons. The van der Waals surface area contributed by atoms with Gasteiger partial charge in [-0.15, -0.1) is 5.10 Å². The van der Waals surface area contributed by atoms with Gasteiger partial charge in [0.05, 0.1) is 16.4 Å². The van der Waals surface area contributed by atoms with Crippen molar-refractivity contribution in [3.8, 4) is 0 Å². The molecule has 0 atom stereocenters. The average Bonchev–Trinajstić information content (AvgIpc) is 2.94. The van der Waals surface area contributed by atoms with Crippen molar-refractivity contribution in [3.63, 3.8) is 0 Å². The summed E-state index contributed by atoms with van der Waals surface area (Å²) in [5.41, 5.74) is 1.05. The zero-order valence-electron chi connectivity index (χ0n) is 9.79. The van der Waals surface area contributed by atoms with Crippen LogP contribution in [0.15, 0.2) is 24.4 Å². The zero-order valence-corrected chi connectivity index (χ0v) is 11.4. The van der Waals surface area contributed by atoms with Crippen LogP contribution >= 0.6 is 22.9 Å². The number of halogens is 1. The Morgan fingerprint density at radius 3 is 3.05 bits per heavy atom. The molecule has 96 valence electrons. The molecular formula is C11H8ClN5OS. The van der Waals surface area contributed by atoms with E-state index in [9.17, 15) is 4.79 Å². The number of hydrogen-bond donors (Lipinski definition) is 1. The summed E-state index contributed by atoms with van der Waals surface area (Å²) in [7, 11) is 1.70. The first-order valence-corrected chi connectivity index (χ1v) is 6.55. The second-order valence-corrected chi connectivity index (χ2v) is 5.33. The van der Waals surface area contributed by atoms with E-state index in [1.54, 1.807) is 19.3 Å². The first-order chi connectivity index (χ1) is 9.11. The summed E-state index contributed by atoms with van der Waals surface area (Å²) in [6.45, 7) is 0. The lowest BCUT2D eigenvalue weighted by Crippen LogP contribution is -2.12. The van der Waals surface area contributed by atoms with Crippen LogP contribution in [0.1, 0.15) is 10.5 Å². The molecule has 0 bridgehead atoms. The van der Waals surface area contributed by atoms with Crippen molar-refractivity contribution in [2.75, 3.05) is 5.32 Å². The van der Waals surface area contributed by atoms with E-state index in [1.165, 1.54) is 16.0 Å². The summed E-state index contributed by atoms with van der Waals surface area (Å²) in [5, 5.41) is 11.3. The fraction of sp³-hybridized carbons (Fsp3) is 0.0909. The minimum Gasteiger partial charge on any atom is -0.296 e. The molecule has 3 aromatic rings. The molecule has 0 spiro atoms. The van der Waals surface area contributed by atoms with Gasteiger partial charge in [-0.25, -0.2) is 4.98 Å². The zero-order chi connectivity index (χ0) is 13.4. The highest BCUT2D eigenvalue weighted by Crippen LogP contribution is 2.28. The first-order valence-electron chi connectivity index (χ1n) is 5.35. The summed E-state index contributed by atoms with van der Waals surface area (Å²) in [6.07, 6.45) is 1.54. The van der Waals surface area contributed by atoms with Gasteiger partial charge >= 0.3 is 0 Å². The van der Waals surface area contributed by atoms with Crippen LogP contribution in [0.3, 0.4) is 0 Å². The third-order valence-corrected chi connectivity index (χ3v) is 3.57. The van der Waals surface area contributed by atoms with Gasteiger partial charge in [-0.05, 0) is 18.2 Å². The molecule has 1 aromatic carbocycles. The van der Waals surface area contributed by atoms with Gasteiger partial charge in [0.1, 0.15) is 0 Å². The number of fused-ring (bicyclic) bond motifs is 1. The number of carbonyl (C=O) groups is 1. The Morgan fingerprint density at radius 1 is 1.47 bits per heavy atom. The molecule has 1 amide bonds. The molecule has 2 aromatic heterocycles. The second-order valence-electron chi connectivity index (χ2n) is 3.86. The first kappa shape index (κ1) is 12.1. The highest BCUT2D eigenvalue weighted by Gasteiger charge is 2.12. The molecule has 0 aliphatic rings. The summed E-state index contributed by atoms with van der Waals surface area (Å²) < 4.78 is 2.38. The molecular weight excluding hydrogens is 286 g/mol. The second kappa shape index (κ2) is 4.60. The number of amides is 1. The van der Waals surface area contributed by atoms with E-state index >= 15 is 0 Å². The molecule has 6 nitrogen and oxygen atoms in total. The summed E-state index contributed by atoms with van der Waals surface area (Å²) >= 11 is 7.26. The standard InChI is InChI=1S/C11H8ClN5OS/c1-17-5-8(15-16-17)10(18)14-11-13-7-3-2-6(12)4-9(7)19-11/h2-5H,1H3,(H,13,14,18). The van der Waals surface area contributed by atoms with Crippen LogP contribution in [0.5, 0.6) is 0 Å². The molecule has 0 aliphatic carbocycles. The van der Waals surface area contributed by atoms with Gasteiger partial charge in [0.25, 0.3) is 5.91 Å². The highest BCUT2D eigenvalue weighted by molar-refractivity contribution is 7.22. The van der Waals surface area contributed by atoms with Gasteiger partial charge < -0.3 is 0 Å². The van der Waals surface area contributed by atoms with E-state index in [0.717, 1.165) is 10.2 Å². The van der Waals surface area contributed by atoms with Crippen LogP contribution in [0.2, 0.25) is 5.02 Å². The SMILES string of the molecule is Cn1cc(C(=O)Nc2nc3ccc(Cl)cc3s2)nn1. The van der Waals surface area contributed by atoms with Crippen molar-refractivity contribution >= 4 is 44.2 Å². The number of nitrogens with one attached hydrogen (secondary N) is 1. The third kappa shape index (κ3) is 2.42. The Kier molecular flexibility index (Phi) is 2.92. The maximum absolute atomic E-state index is 11.9. The van der Waals surface area contributed by atoms with Crippen LogP contribution < -0.4 is 5.32 Å². The van der Waals surface area contributed by atoms with E-state index in [0.29, 0.717) is 10.2 Å². The van der Waals surface area contributed by atoms with Gasteiger partial charge in [-0.3, -0.25) is 14.8 Å². The van der Waals surface area contributed by atoms with Crippen LogP contribution in [0.4, 0.5) is 5.13 Å². The Balaban J connectivity index is 1.87. The van der Waals surface area contributed by atoms with Crippen LogP contribution in [0, 0.1) is 0 Å². The number of aromatic nitrogens is 4. The minimum atomic E-state index is -0.335. The van der Waals surface area contributed by atoms with Gasteiger partial charge in [0.15, 0.2) is 10.8 Å². The maximum atomic E-state index is 11.9. The number of anilines is 1. The minimum absolute atomic E-state index is 0.250. The van der Waals surface area contributed by atoms with Gasteiger partial charge in [0, 0.05) is 12.1 Å². The van der Waals surface area contributed by atoms with E-state index in [-0.39, 0.29) is 11.6 Å². The topological polar surface area (TPSA) is 72.7 Å². The fourth-order valence-electron chi connectivity index (χ4n) is 1.56. The Morgan fingerprint density at radius 2 is 2.32 bits per heavy atom. The largest absolute Gasteiger partial charge is 0.296 e. The van der Waals surface area contributed by atoms with Crippen molar-refractivity contribution < 1.29 is 4.79 Å². The molecule has 0 saturated carbocycles. The molecule has 0 unspecified atom stereocenters. The van der Waals surface area contributed by atoms with Gasteiger partial charge in [-0.2, -0.15) is 0 Å². The predicted octanol–water partition coefficient (Wildman–Crippen LogP) is 2.33. The normalized spacial score (nSPS) is 10.8. The van der Waals surface area contributed by atoms with Gasteiger partial charge in [0.2, 0.25) is 0 Å². The van der Waals surface area contributed by atoms with Crippen molar-refractivity contribution in [2.24, 2.45) is 7.05 Å². The number of hydrogen-bond acceptors (Lipinski definition) is 5. The summed E-state index contributed by atoms with van der Waals surface area (Å²) in [6, 6.07) is 5.39. The predicted molar refractivity (Wildman–Crippen MR) is 73.6 cm³/mol. The number of nitrogens with zero attached hydrogens (tertiary/aromatic N) is 4. The van der Waals surface area contributed by atoms with Crippen molar-refractivity contribution in [2.45, 2.75) is 0 Å². The van der Waals surface area contributed by atoms with Crippen LogP contribution in [-0.2, 0) is 7.05 Å². The smallest absolute Gasteiger partial charge is 0.279 e. The molecule has 1 N–H and O–H groups in total. The summed E-state index contributed by atoms with van der Waals surface area (Å²) in [5.74, 6) is -0.335. The maximum Gasteiger partial charge on any atom is 0.279 e. The van der Waals surface area contributed by atoms with Crippen molar-refractivity contribution in [1.29, 1.82) is 0 Å². The number of aryl methyl sites for hydroxylation is 1. The average molecular weight is 294 g/mol. The Bertz CT molecular complexity index is 765. The number of thiazole rings is 1. The molecule has 8 heteroatoms. The summed E-state index contributed by atoms with van der Waals surface area (Å²) in [4.78, 5) is 16.2. The van der Waals surface area contributed by atoms with E-state index in [1.807, 2.05) is 12.1 Å². The molecule has 0 fully saturated rings. The lowest BCUT2D eigenvalue weighted by atomic mass is 10.3. The quantitative estimate of drug-likeness (QED) is 0.787. The molecule has 2 heterocycles. The lowest BCUT2D eigenvalue weighted by Gasteiger charge is -1.95. The molecule has 0 saturated heterocycles. The van der Waals surface area contributed by atoms with E-state index in [4.69, 9.17) is 11.6 Å². The monoisotopic (exact) mass is 293 g/mol. The third-order valence-electron chi connectivity index (χ3n) is 2.41. The van der Waals surface area contributed by atoms with E-state index < -0.39 is 0 Å². The molecule has 19 heavy (non-hydrogen) atoms. The Labute approximate surface area is 117 Å². The van der Waals surface area contributed by atoms with Crippen molar-refractivity contribution in [3.05, 3.63) is 35.1 Å². The fourth-order valence-corrected chi connectivity index (χ4v) is 2.70. The molecule has 0 aliphatic heterocycles. The number of rotatable bonds is 2.